The minimum Gasteiger partial charge on any atom is -0.327 e. The molecule has 0 aliphatic rings. The molecule has 2 N–H and O–H groups in total. The van der Waals surface area contributed by atoms with E-state index in [0.29, 0.717) is 0 Å². The molecule has 0 fully saturated rings. The van der Waals surface area contributed by atoms with E-state index in [9.17, 15) is 0 Å². The molecule has 0 spiro atoms. The molecule has 0 unspecified atom stereocenters. The maximum Gasteiger partial charge on any atom is 0.0943 e. The van der Waals surface area contributed by atoms with Crippen molar-refractivity contribution in [2.75, 3.05) is 0 Å². The fraction of sp³-hybridized carbons (Fsp3) is 0.625. The molecule has 0 amide bonds. The molecule has 62 valence electrons. The third-order valence-corrected chi connectivity index (χ3v) is 2.62. The molecule has 3 heteroatoms. The monoisotopic (exact) mass is 170 g/mol. The molecule has 0 aliphatic heterocycles. The highest BCUT2D eigenvalue weighted by atomic mass is 32.1. The van der Waals surface area contributed by atoms with Gasteiger partial charge in [-0.3, -0.25) is 0 Å². The van der Waals surface area contributed by atoms with Crippen molar-refractivity contribution >= 4 is 11.3 Å². The van der Waals surface area contributed by atoms with Crippen LogP contribution in [0.3, 0.4) is 0 Å². The van der Waals surface area contributed by atoms with E-state index in [1.165, 1.54) is 0 Å². The summed E-state index contributed by atoms with van der Waals surface area (Å²) in [6, 6.07) is 0.278. The maximum absolute atomic E-state index is 5.78. The summed E-state index contributed by atoms with van der Waals surface area (Å²) in [4.78, 5) is 4.34. The van der Waals surface area contributed by atoms with Gasteiger partial charge in [-0.2, -0.15) is 0 Å². The standard InChI is InChI=1S/C8H14N2S/c1-3-7(9)4-8-10-6(2)5-11-8/h5,7H,3-4,9H2,1-2H3/t7-/m1/s1. The Kier molecular flexibility index (Phi) is 3.02. The van der Waals surface area contributed by atoms with Crippen LogP contribution in [0.5, 0.6) is 0 Å². The molecular weight excluding hydrogens is 156 g/mol. The van der Waals surface area contributed by atoms with Gasteiger partial charge in [0, 0.05) is 23.5 Å². The molecule has 2 nitrogen and oxygen atoms in total. The number of hydrogen-bond acceptors (Lipinski definition) is 3. The number of rotatable bonds is 3. The first kappa shape index (κ1) is 8.68. The van der Waals surface area contributed by atoms with Gasteiger partial charge < -0.3 is 5.73 Å². The summed E-state index contributed by atoms with van der Waals surface area (Å²) in [5.41, 5.74) is 6.89. The maximum atomic E-state index is 5.78. The molecule has 0 aliphatic carbocycles. The Morgan fingerprint density at radius 1 is 1.73 bits per heavy atom. The van der Waals surface area contributed by atoms with Crippen molar-refractivity contribution in [3.8, 4) is 0 Å². The first-order valence-electron chi connectivity index (χ1n) is 3.89. The SMILES string of the molecule is CC[C@@H](N)Cc1nc(C)cs1. The molecule has 1 rings (SSSR count). The fourth-order valence-electron chi connectivity index (χ4n) is 0.865. The summed E-state index contributed by atoms with van der Waals surface area (Å²) in [5.74, 6) is 0. The van der Waals surface area contributed by atoms with E-state index < -0.39 is 0 Å². The molecule has 0 aromatic carbocycles. The van der Waals surface area contributed by atoms with E-state index in [1.54, 1.807) is 11.3 Å². The Hall–Kier alpha value is -0.410. The first-order valence-corrected chi connectivity index (χ1v) is 4.77. The largest absolute Gasteiger partial charge is 0.327 e. The van der Waals surface area contributed by atoms with Crippen molar-refractivity contribution in [2.45, 2.75) is 32.7 Å². The zero-order chi connectivity index (χ0) is 8.27. The predicted octanol–water partition coefficient (Wildman–Crippen LogP) is 1.73. The van der Waals surface area contributed by atoms with Crippen molar-refractivity contribution in [2.24, 2.45) is 5.73 Å². The summed E-state index contributed by atoms with van der Waals surface area (Å²) >= 11 is 1.70. The average Bonchev–Trinajstić information content (AvgIpc) is 2.35. The average molecular weight is 170 g/mol. The molecule has 1 aromatic rings. The van der Waals surface area contributed by atoms with Crippen molar-refractivity contribution in [3.05, 3.63) is 16.1 Å². The predicted molar refractivity (Wildman–Crippen MR) is 48.8 cm³/mol. The first-order chi connectivity index (χ1) is 5.22. The van der Waals surface area contributed by atoms with Crippen molar-refractivity contribution in [1.82, 2.24) is 4.98 Å². The van der Waals surface area contributed by atoms with Crippen molar-refractivity contribution < 1.29 is 0 Å². The highest BCUT2D eigenvalue weighted by Crippen LogP contribution is 2.10. The van der Waals surface area contributed by atoms with E-state index >= 15 is 0 Å². The Morgan fingerprint density at radius 2 is 2.45 bits per heavy atom. The molecule has 1 aromatic heterocycles. The van der Waals surface area contributed by atoms with E-state index in [1.807, 2.05) is 6.92 Å². The number of nitrogens with two attached hydrogens (primary N) is 1. The number of hydrogen-bond donors (Lipinski definition) is 1. The molecule has 0 saturated heterocycles. The van der Waals surface area contributed by atoms with Gasteiger partial charge in [0.1, 0.15) is 0 Å². The van der Waals surface area contributed by atoms with Crippen LogP contribution >= 0.6 is 11.3 Å². The molecule has 11 heavy (non-hydrogen) atoms. The van der Waals surface area contributed by atoms with E-state index in [2.05, 4.69) is 17.3 Å². The number of aryl methyl sites for hydroxylation is 1. The Balaban J connectivity index is 2.50. The minimum absolute atomic E-state index is 0.278. The van der Waals surface area contributed by atoms with Crippen LogP contribution in [0.15, 0.2) is 5.38 Å². The summed E-state index contributed by atoms with van der Waals surface area (Å²) in [5, 5.41) is 3.23. The van der Waals surface area contributed by atoms with Crippen LogP contribution in [0.2, 0.25) is 0 Å². The van der Waals surface area contributed by atoms with Gasteiger partial charge in [-0.1, -0.05) is 6.92 Å². The summed E-state index contributed by atoms with van der Waals surface area (Å²) in [6.45, 7) is 4.11. The second-order valence-electron chi connectivity index (χ2n) is 2.76. The van der Waals surface area contributed by atoms with Gasteiger partial charge in [0.25, 0.3) is 0 Å². The number of thiazole rings is 1. The molecule has 0 saturated carbocycles. The van der Waals surface area contributed by atoms with Crippen LogP contribution in [0, 0.1) is 6.92 Å². The van der Waals surface area contributed by atoms with Crippen LogP contribution in [0.1, 0.15) is 24.0 Å². The second kappa shape index (κ2) is 3.83. The fourth-order valence-corrected chi connectivity index (χ4v) is 1.73. The second-order valence-corrected chi connectivity index (χ2v) is 3.70. The van der Waals surface area contributed by atoms with Gasteiger partial charge in [0.15, 0.2) is 0 Å². The highest BCUT2D eigenvalue weighted by molar-refractivity contribution is 7.09. The lowest BCUT2D eigenvalue weighted by Crippen LogP contribution is -2.21. The van der Waals surface area contributed by atoms with Crippen LogP contribution in [-0.4, -0.2) is 11.0 Å². The molecule has 1 heterocycles. The van der Waals surface area contributed by atoms with Crippen LogP contribution in [0.25, 0.3) is 0 Å². The molecule has 0 radical (unpaired) electrons. The number of nitrogens with zero attached hydrogens (tertiary/aromatic N) is 1. The van der Waals surface area contributed by atoms with Crippen LogP contribution in [0.4, 0.5) is 0 Å². The van der Waals surface area contributed by atoms with Gasteiger partial charge in [-0.25, -0.2) is 4.98 Å². The smallest absolute Gasteiger partial charge is 0.0943 e. The van der Waals surface area contributed by atoms with Crippen molar-refractivity contribution in [3.63, 3.8) is 0 Å². The highest BCUT2D eigenvalue weighted by Gasteiger charge is 2.03. The Labute approximate surface area is 71.5 Å². The zero-order valence-electron chi connectivity index (χ0n) is 7.00. The Morgan fingerprint density at radius 3 is 2.91 bits per heavy atom. The Bertz CT molecular complexity index is 220. The third-order valence-electron chi connectivity index (χ3n) is 1.63. The van der Waals surface area contributed by atoms with Gasteiger partial charge in [-0.05, 0) is 13.3 Å². The van der Waals surface area contributed by atoms with Gasteiger partial charge in [0.2, 0.25) is 0 Å². The normalized spacial score (nSPS) is 13.4. The number of aromatic nitrogens is 1. The zero-order valence-corrected chi connectivity index (χ0v) is 7.82. The molecular formula is C8H14N2S. The third kappa shape index (κ3) is 2.60. The molecule has 0 bridgehead atoms. The quantitative estimate of drug-likeness (QED) is 0.750. The van der Waals surface area contributed by atoms with Crippen LogP contribution in [-0.2, 0) is 6.42 Å². The van der Waals surface area contributed by atoms with E-state index in [4.69, 9.17) is 5.73 Å². The van der Waals surface area contributed by atoms with E-state index in [-0.39, 0.29) is 6.04 Å². The summed E-state index contributed by atoms with van der Waals surface area (Å²) < 4.78 is 0. The van der Waals surface area contributed by atoms with Gasteiger partial charge in [0.05, 0.1) is 5.01 Å². The van der Waals surface area contributed by atoms with Crippen molar-refractivity contribution in [1.29, 1.82) is 0 Å². The van der Waals surface area contributed by atoms with Gasteiger partial charge >= 0.3 is 0 Å². The van der Waals surface area contributed by atoms with Gasteiger partial charge in [-0.15, -0.1) is 11.3 Å². The van der Waals surface area contributed by atoms with E-state index in [0.717, 1.165) is 23.5 Å². The lowest BCUT2D eigenvalue weighted by molar-refractivity contribution is 0.643. The lowest BCUT2D eigenvalue weighted by atomic mass is 10.2. The summed E-state index contributed by atoms with van der Waals surface area (Å²) in [7, 11) is 0. The van der Waals surface area contributed by atoms with Crippen LogP contribution < -0.4 is 5.73 Å². The minimum atomic E-state index is 0.278. The summed E-state index contributed by atoms with van der Waals surface area (Å²) in [6.07, 6.45) is 1.95. The topological polar surface area (TPSA) is 38.9 Å². The molecule has 1 atom stereocenters. The lowest BCUT2D eigenvalue weighted by Gasteiger charge is -2.03.